The molecule has 0 N–H and O–H groups in total. The molecule has 0 radical (unpaired) electrons. The SMILES string of the molecule is COc1ccc(/C=C/C(=[Se])N2CCCC2)cc1. The van der Waals surface area contributed by atoms with Crippen LogP contribution in [0.3, 0.4) is 0 Å². The zero-order valence-electron chi connectivity index (χ0n) is 10.1. The Bertz CT molecular complexity index is 405. The average Bonchev–Trinajstić information content (AvgIpc) is 2.90. The Balaban J connectivity index is 1.96. The van der Waals surface area contributed by atoms with Crippen LogP contribution in [0.15, 0.2) is 30.3 Å². The number of benzene rings is 1. The third-order valence-electron chi connectivity index (χ3n) is 2.95. The molecule has 0 aromatic heterocycles. The van der Waals surface area contributed by atoms with E-state index in [2.05, 4.69) is 44.8 Å². The molecular weight excluding hydrogens is 277 g/mol. The fourth-order valence-electron chi connectivity index (χ4n) is 1.93. The monoisotopic (exact) mass is 295 g/mol. The molecule has 1 heterocycles. The molecule has 2 nitrogen and oxygen atoms in total. The van der Waals surface area contributed by atoms with E-state index in [0.717, 1.165) is 5.75 Å². The van der Waals surface area contributed by atoms with E-state index < -0.39 is 0 Å². The van der Waals surface area contributed by atoms with Crippen LogP contribution in [-0.4, -0.2) is 45.2 Å². The normalized spacial score (nSPS) is 15.5. The summed E-state index contributed by atoms with van der Waals surface area (Å²) in [5.74, 6) is 0.897. The number of methoxy groups -OCH3 is 1. The van der Waals surface area contributed by atoms with E-state index in [1.165, 1.54) is 36.0 Å². The zero-order valence-corrected chi connectivity index (χ0v) is 11.8. The first-order valence-electron chi connectivity index (χ1n) is 5.90. The molecule has 1 aromatic rings. The van der Waals surface area contributed by atoms with Gasteiger partial charge in [-0.1, -0.05) is 0 Å². The van der Waals surface area contributed by atoms with Crippen molar-refractivity contribution in [1.29, 1.82) is 0 Å². The Labute approximate surface area is 111 Å². The molecule has 0 saturated carbocycles. The maximum atomic E-state index is 5.13. The first kappa shape index (κ1) is 12.4. The molecule has 0 unspecified atom stereocenters. The van der Waals surface area contributed by atoms with Gasteiger partial charge in [0.25, 0.3) is 0 Å². The molecule has 1 fully saturated rings. The summed E-state index contributed by atoms with van der Waals surface area (Å²) in [5, 5.41) is 0. The minimum atomic E-state index is 0.897. The van der Waals surface area contributed by atoms with Gasteiger partial charge in [0, 0.05) is 0 Å². The maximum absolute atomic E-state index is 5.13. The molecule has 1 saturated heterocycles. The van der Waals surface area contributed by atoms with Crippen molar-refractivity contribution in [2.24, 2.45) is 0 Å². The molecule has 0 aliphatic carbocycles. The number of likely N-dealkylation sites (tertiary alicyclic amines) is 1. The van der Waals surface area contributed by atoms with Crippen molar-refractivity contribution < 1.29 is 4.74 Å². The number of nitrogens with zero attached hydrogens (tertiary/aromatic N) is 1. The number of hydrogen-bond donors (Lipinski definition) is 0. The van der Waals surface area contributed by atoms with Crippen molar-refractivity contribution in [3.05, 3.63) is 35.9 Å². The predicted molar refractivity (Wildman–Crippen MR) is 73.6 cm³/mol. The Morgan fingerprint density at radius 2 is 1.88 bits per heavy atom. The quantitative estimate of drug-likeness (QED) is 0.789. The van der Waals surface area contributed by atoms with Gasteiger partial charge in [-0.3, -0.25) is 0 Å². The summed E-state index contributed by atoms with van der Waals surface area (Å²) >= 11 is 3.14. The Morgan fingerprint density at radius 1 is 1.24 bits per heavy atom. The summed E-state index contributed by atoms with van der Waals surface area (Å²) in [6.07, 6.45) is 6.89. The van der Waals surface area contributed by atoms with Gasteiger partial charge in [0.1, 0.15) is 0 Å². The predicted octanol–water partition coefficient (Wildman–Crippen LogP) is 2.10. The van der Waals surface area contributed by atoms with E-state index >= 15 is 0 Å². The Morgan fingerprint density at radius 3 is 2.47 bits per heavy atom. The second-order valence-corrected chi connectivity index (χ2v) is 5.02. The minimum absolute atomic E-state index is 0.897. The molecule has 0 bridgehead atoms. The second-order valence-electron chi connectivity index (χ2n) is 4.14. The molecular formula is C14H17NOSe. The fourth-order valence-corrected chi connectivity index (χ4v) is 2.45. The first-order valence-corrected chi connectivity index (χ1v) is 6.76. The molecule has 2 rings (SSSR count). The molecule has 90 valence electrons. The third kappa shape index (κ3) is 3.45. The third-order valence-corrected chi connectivity index (χ3v) is 3.78. The van der Waals surface area contributed by atoms with E-state index in [9.17, 15) is 0 Å². The van der Waals surface area contributed by atoms with Gasteiger partial charge in [-0.15, -0.1) is 0 Å². The Hall–Kier alpha value is -1.05. The van der Waals surface area contributed by atoms with E-state index in [1.54, 1.807) is 7.11 Å². The summed E-state index contributed by atoms with van der Waals surface area (Å²) in [4.78, 5) is 2.39. The van der Waals surface area contributed by atoms with Crippen LogP contribution < -0.4 is 4.74 Å². The van der Waals surface area contributed by atoms with Gasteiger partial charge in [0.15, 0.2) is 0 Å². The van der Waals surface area contributed by atoms with Crippen LogP contribution in [0.4, 0.5) is 0 Å². The Kier molecular flexibility index (Phi) is 4.41. The first-order chi connectivity index (χ1) is 8.29. The molecule has 3 heteroatoms. The second kappa shape index (κ2) is 6.04. The van der Waals surface area contributed by atoms with Crippen LogP contribution in [0.2, 0.25) is 0 Å². The topological polar surface area (TPSA) is 12.5 Å². The van der Waals surface area contributed by atoms with Gasteiger partial charge in [-0.25, -0.2) is 0 Å². The summed E-state index contributed by atoms with van der Waals surface area (Å²) < 4.78 is 6.37. The van der Waals surface area contributed by atoms with Crippen molar-refractivity contribution in [2.75, 3.05) is 20.2 Å². The van der Waals surface area contributed by atoms with Crippen molar-refractivity contribution in [3.63, 3.8) is 0 Å². The van der Waals surface area contributed by atoms with Crippen LogP contribution in [0.25, 0.3) is 6.08 Å². The molecule has 17 heavy (non-hydrogen) atoms. The zero-order chi connectivity index (χ0) is 12.1. The molecule has 1 aliphatic heterocycles. The molecule has 1 aromatic carbocycles. The van der Waals surface area contributed by atoms with Gasteiger partial charge in [0.05, 0.1) is 0 Å². The van der Waals surface area contributed by atoms with Gasteiger partial charge in [-0.05, 0) is 0 Å². The molecule has 0 amide bonds. The summed E-state index contributed by atoms with van der Waals surface area (Å²) in [6, 6.07) is 8.09. The average molecular weight is 294 g/mol. The van der Waals surface area contributed by atoms with Crippen molar-refractivity contribution in [3.8, 4) is 5.75 Å². The van der Waals surface area contributed by atoms with Gasteiger partial charge in [0.2, 0.25) is 0 Å². The van der Waals surface area contributed by atoms with Crippen LogP contribution in [-0.2, 0) is 0 Å². The fraction of sp³-hybridized carbons (Fsp3) is 0.357. The van der Waals surface area contributed by atoms with E-state index in [1.807, 2.05) is 12.1 Å². The summed E-state index contributed by atoms with van der Waals surface area (Å²) in [5.41, 5.74) is 1.19. The van der Waals surface area contributed by atoms with Gasteiger partial charge < -0.3 is 0 Å². The molecule has 1 aliphatic rings. The summed E-state index contributed by atoms with van der Waals surface area (Å²) in [6.45, 7) is 2.35. The van der Waals surface area contributed by atoms with E-state index in [0.29, 0.717) is 0 Å². The van der Waals surface area contributed by atoms with Crippen molar-refractivity contribution in [1.82, 2.24) is 4.90 Å². The van der Waals surface area contributed by atoms with Crippen LogP contribution in [0, 0.1) is 0 Å². The van der Waals surface area contributed by atoms with Crippen molar-refractivity contribution in [2.45, 2.75) is 12.8 Å². The van der Waals surface area contributed by atoms with Gasteiger partial charge in [-0.2, -0.15) is 0 Å². The van der Waals surface area contributed by atoms with Crippen molar-refractivity contribution >= 4 is 26.2 Å². The number of rotatable bonds is 4. The van der Waals surface area contributed by atoms with Crippen LogP contribution in [0.5, 0.6) is 5.75 Å². The van der Waals surface area contributed by atoms with Gasteiger partial charge >= 0.3 is 111 Å². The van der Waals surface area contributed by atoms with Crippen LogP contribution in [0.1, 0.15) is 18.4 Å². The standard InChI is InChI=1S/C14H17NOSe/c1-16-13-7-4-12(5-8-13)6-9-14(17)15-10-2-3-11-15/h4-9H,2-3,10-11H2,1H3/b9-6+. The van der Waals surface area contributed by atoms with E-state index in [-0.39, 0.29) is 0 Å². The number of ether oxygens (including phenoxy) is 1. The van der Waals surface area contributed by atoms with Crippen LogP contribution >= 0.6 is 0 Å². The number of hydrogen-bond acceptors (Lipinski definition) is 2. The van der Waals surface area contributed by atoms with E-state index in [4.69, 9.17) is 4.74 Å². The molecule has 0 spiro atoms. The summed E-state index contributed by atoms with van der Waals surface area (Å²) in [7, 11) is 1.69. The molecule has 0 atom stereocenters.